The maximum Gasteiger partial charge on any atom is 0.138 e. The van der Waals surface area contributed by atoms with Crippen LogP contribution in [-0.4, -0.2) is 0 Å². The summed E-state index contributed by atoms with van der Waals surface area (Å²) in [4.78, 5) is 0. The summed E-state index contributed by atoms with van der Waals surface area (Å²) >= 11 is 0. The van der Waals surface area contributed by atoms with Crippen molar-refractivity contribution in [2.75, 3.05) is 0 Å². The van der Waals surface area contributed by atoms with Crippen LogP contribution in [0.4, 0.5) is 0 Å². The van der Waals surface area contributed by atoms with Crippen molar-refractivity contribution >= 4 is 21.9 Å². The lowest BCUT2D eigenvalue weighted by atomic mass is 10.1. The molecule has 1 nitrogen and oxygen atoms in total. The first kappa shape index (κ1) is 7.63. The Morgan fingerprint density at radius 2 is 2.07 bits per heavy atom. The SMILES string of the molecule is Cc1cccc2c1oc1cc[c]cc12. The second kappa shape index (κ2) is 2.61. The summed E-state index contributed by atoms with van der Waals surface area (Å²) in [6.07, 6.45) is 0. The van der Waals surface area contributed by atoms with Crippen LogP contribution in [0, 0.1) is 13.0 Å². The Morgan fingerprint density at radius 3 is 3.00 bits per heavy atom. The maximum atomic E-state index is 5.76. The highest BCUT2D eigenvalue weighted by Gasteiger charge is 2.06. The Kier molecular flexibility index (Phi) is 1.42. The van der Waals surface area contributed by atoms with Gasteiger partial charge in [-0.3, -0.25) is 0 Å². The van der Waals surface area contributed by atoms with Crippen LogP contribution in [0.15, 0.2) is 40.8 Å². The monoisotopic (exact) mass is 181 g/mol. The molecule has 0 unspecified atom stereocenters. The molecule has 0 fully saturated rings. The molecular formula is C13H9O. The van der Waals surface area contributed by atoms with Crippen LogP contribution in [0.3, 0.4) is 0 Å². The zero-order valence-electron chi connectivity index (χ0n) is 7.87. The van der Waals surface area contributed by atoms with Gasteiger partial charge in [0.05, 0.1) is 0 Å². The van der Waals surface area contributed by atoms with Crippen molar-refractivity contribution in [2.24, 2.45) is 0 Å². The smallest absolute Gasteiger partial charge is 0.138 e. The van der Waals surface area contributed by atoms with Crippen molar-refractivity contribution in [1.29, 1.82) is 0 Å². The summed E-state index contributed by atoms with van der Waals surface area (Å²) in [5, 5.41) is 2.32. The highest BCUT2D eigenvalue weighted by Crippen LogP contribution is 2.29. The van der Waals surface area contributed by atoms with E-state index in [9.17, 15) is 0 Å². The Hall–Kier alpha value is -1.76. The number of aryl methyl sites for hydroxylation is 1. The van der Waals surface area contributed by atoms with Gasteiger partial charge in [0.2, 0.25) is 0 Å². The van der Waals surface area contributed by atoms with E-state index < -0.39 is 0 Å². The Bertz CT molecular complexity index is 605. The van der Waals surface area contributed by atoms with Crippen molar-refractivity contribution in [1.82, 2.24) is 0 Å². The number of hydrogen-bond donors (Lipinski definition) is 0. The van der Waals surface area contributed by atoms with E-state index in [1.807, 2.05) is 18.2 Å². The van der Waals surface area contributed by atoms with Gasteiger partial charge < -0.3 is 4.42 Å². The average molecular weight is 181 g/mol. The van der Waals surface area contributed by atoms with Gasteiger partial charge in [0.1, 0.15) is 11.2 Å². The highest BCUT2D eigenvalue weighted by molar-refractivity contribution is 6.05. The van der Waals surface area contributed by atoms with Crippen molar-refractivity contribution in [2.45, 2.75) is 6.92 Å². The minimum Gasteiger partial charge on any atom is -0.456 e. The fourth-order valence-electron chi connectivity index (χ4n) is 1.83. The van der Waals surface area contributed by atoms with E-state index >= 15 is 0 Å². The number of fused-ring (bicyclic) bond motifs is 3. The molecule has 0 N–H and O–H groups in total. The van der Waals surface area contributed by atoms with Gasteiger partial charge in [-0.2, -0.15) is 0 Å². The van der Waals surface area contributed by atoms with Gasteiger partial charge in [-0.1, -0.05) is 24.3 Å². The summed E-state index contributed by atoms with van der Waals surface area (Å²) in [6, 6.07) is 15.1. The van der Waals surface area contributed by atoms with E-state index in [4.69, 9.17) is 4.42 Å². The quantitative estimate of drug-likeness (QED) is 0.515. The van der Waals surface area contributed by atoms with Crippen LogP contribution in [0.1, 0.15) is 5.56 Å². The van der Waals surface area contributed by atoms with Gasteiger partial charge in [0.15, 0.2) is 0 Å². The van der Waals surface area contributed by atoms with E-state index in [1.165, 1.54) is 10.9 Å². The molecule has 0 aliphatic heterocycles. The van der Waals surface area contributed by atoms with Crippen LogP contribution in [0.5, 0.6) is 0 Å². The van der Waals surface area contributed by atoms with Crippen molar-refractivity contribution in [3.8, 4) is 0 Å². The lowest BCUT2D eigenvalue weighted by Crippen LogP contribution is -1.70. The fraction of sp³-hybridized carbons (Fsp3) is 0.0769. The molecular weight excluding hydrogens is 172 g/mol. The van der Waals surface area contributed by atoms with Crippen LogP contribution in [0.25, 0.3) is 21.9 Å². The summed E-state index contributed by atoms with van der Waals surface area (Å²) in [6.45, 7) is 2.06. The van der Waals surface area contributed by atoms with Gasteiger partial charge in [0.25, 0.3) is 0 Å². The molecule has 0 aliphatic rings. The topological polar surface area (TPSA) is 13.1 Å². The molecule has 67 valence electrons. The molecule has 1 aromatic heterocycles. The van der Waals surface area contributed by atoms with Crippen LogP contribution >= 0.6 is 0 Å². The van der Waals surface area contributed by atoms with E-state index in [0.717, 1.165) is 16.6 Å². The summed E-state index contributed by atoms with van der Waals surface area (Å²) < 4.78 is 5.76. The predicted molar refractivity (Wildman–Crippen MR) is 57.3 cm³/mol. The number of rotatable bonds is 0. The Labute approximate surface area is 82.0 Å². The standard InChI is InChI=1S/C13H9O/c1-9-5-4-7-11-10-6-2-3-8-12(10)14-13(9)11/h3-8H,1H3. The molecule has 0 bridgehead atoms. The summed E-state index contributed by atoms with van der Waals surface area (Å²) in [5.74, 6) is 0. The molecule has 0 saturated carbocycles. The molecule has 1 heteroatoms. The minimum atomic E-state index is 0.938. The second-order valence-electron chi connectivity index (χ2n) is 3.48. The summed E-state index contributed by atoms with van der Waals surface area (Å²) in [5.41, 5.74) is 3.11. The predicted octanol–water partition coefficient (Wildman–Crippen LogP) is 3.69. The van der Waals surface area contributed by atoms with Crippen LogP contribution in [-0.2, 0) is 0 Å². The van der Waals surface area contributed by atoms with E-state index in [2.05, 4.69) is 31.2 Å². The summed E-state index contributed by atoms with van der Waals surface area (Å²) in [7, 11) is 0. The molecule has 3 rings (SSSR count). The van der Waals surface area contributed by atoms with E-state index in [1.54, 1.807) is 0 Å². The molecule has 0 amide bonds. The average Bonchev–Trinajstić information content (AvgIpc) is 2.59. The Balaban J connectivity index is 2.63. The largest absolute Gasteiger partial charge is 0.456 e. The van der Waals surface area contributed by atoms with Crippen LogP contribution < -0.4 is 0 Å². The third-order valence-electron chi connectivity index (χ3n) is 2.54. The lowest BCUT2D eigenvalue weighted by molar-refractivity contribution is 0.666. The zero-order valence-corrected chi connectivity index (χ0v) is 7.87. The molecule has 0 aliphatic carbocycles. The van der Waals surface area contributed by atoms with E-state index in [-0.39, 0.29) is 0 Å². The molecule has 2 aromatic carbocycles. The van der Waals surface area contributed by atoms with Crippen LogP contribution in [0.2, 0.25) is 0 Å². The third-order valence-corrected chi connectivity index (χ3v) is 2.54. The first-order valence-electron chi connectivity index (χ1n) is 4.64. The van der Waals surface area contributed by atoms with Gasteiger partial charge in [0, 0.05) is 10.8 Å². The first-order chi connectivity index (χ1) is 6.86. The first-order valence-corrected chi connectivity index (χ1v) is 4.64. The van der Waals surface area contributed by atoms with Gasteiger partial charge >= 0.3 is 0 Å². The number of furan rings is 1. The number of benzene rings is 2. The molecule has 3 aromatic rings. The van der Waals surface area contributed by atoms with E-state index in [0.29, 0.717) is 0 Å². The highest BCUT2D eigenvalue weighted by atomic mass is 16.3. The molecule has 0 atom stereocenters. The molecule has 14 heavy (non-hydrogen) atoms. The molecule has 1 heterocycles. The molecule has 0 spiro atoms. The second-order valence-corrected chi connectivity index (χ2v) is 3.48. The Morgan fingerprint density at radius 1 is 1.14 bits per heavy atom. The zero-order chi connectivity index (χ0) is 9.54. The maximum absolute atomic E-state index is 5.76. The van der Waals surface area contributed by atoms with Gasteiger partial charge in [-0.15, -0.1) is 0 Å². The number of para-hydroxylation sites is 1. The van der Waals surface area contributed by atoms with Crippen molar-refractivity contribution in [3.05, 3.63) is 48.0 Å². The fourth-order valence-corrected chi connectivity index (χ4v) is 1.83. The third kappa shape index (κ3) is 0.896. The molecule has 0 saturated heterocycles. The van der Waals surface area contributed by atoms with Crippen molar-refractivity contribution in [3.63, 3.8) is 0 Å². The minimum absolute atomic E-state index is 0.938. The number of hydrogen-bond acceptors (Lipinski definition) is 1. The molecule has 1 radical (unpaired) electrons. The van der Waals surface area contributed by atoms with Crippen molar-refractivity contribution < 1.29 is 4.42 Å². The van der Waals surface area contributed by atoms with Gasteiger partial charge in [-0.25, -0.2) is 0 Å². The van der Waals surface area contributed by atoms with Gasteiger partial charge in [-0.05, 0) is 30.7 Å². The normalized spacial score (nSPS) is 11.2. The lowest BCUT2D eigenvalue weighted by Gasteiger charge is -1.91.